The average Bonchev–Trinajstić information content (AvgIpc) is 3.24. The van der Waals surface area contributed by atoms with Gasteiger partial charge in [-0.2, -0.15) is 4.98 Å². The van der Waals surface area contributed by atoms with Crippen molar-refractivity contribution in [3.8, 4) is 17.3 Å². The van der Waals surface area contributed by atoms with E-state index in [0.29, 0.717) is 30.4 Å². The number of pyridine rings is 1. The Bertz CT molecular complexity index is 899. The Kier molecular flexibility index (Phi) is 10.1. The molecule has 0 unspecified atom stereocenters. The SMILES string of the molecule is CCNC(=NCCc1noc(-c2ccccn2)n1)NCCc1ccc(OC)cc1.I. The molecule has 0 aliphatic carbocycles. The van der Waals surface area contributed by atoms with Gasteiger partial charge in [0.15, 0.2) is 11.8 Å². The van der Waals surface area contributed by atoms with Crippen LogP contribution in [0.1, 0.15) is 18.3 Å². The first-order chi connectivity index (χ1) is 14.3. The molecule has 0 fully saturated rings. The Hall–Kier alpha value is -2.69. The number of nitrogens with zero attached hydrogens (tertiary/aromatic N) is 4. The zero-order valence-electron chi connectivity index (χ0n) is 17.2. The highest BCUT2D eigenvalue weighted by molar-refractivity contribution is 14.0. The summed E-state index contributed by atoms with van der Waals surface area (Å²) in [7, 11) is 1.67. The van der Waals surface area contributed by atoms with E-state index in [1.54, 1.807) is 13.3 Å². The molecule has 0 aliphatic rings. The second-order valence-corrected chi connectivity index (χ2v) is 6.27. The largest absolute Gasteiger partial charge is 0.497 e. The molecule has 8 nitrogen and oxygen atoms in total. The van der Waals surface area contributed by atoms with Crippen molar-refractivity contribution in [2.75, 3.05) is 26.7 Å². The molecule has 3 aromatic rings. The highest BCUT2D eigenvalue weighted by Crippen LogP contribution is 2.13. The minimum atomic E-state index is 0. The van der Waals surface area contributed by atoms with Gasteiger partial charge < -0.3 is 19.9 Å². The van der Waals surface area contributed by atoms with Gasteiger partial charge in [-0.25, -0.2) is 0 Å². The first kappa shape index (κ1) is 23.6. The average molecular weight is 522 g/mol. The van der Waals surface area contributed by atoms with Crippen LogP contribution in [0.5, 0.6) is 5.75 Å². The van der Waals surface area contributed by atoms with E-state index in [1.807, 2.05) is 37.3 Å². The van der Waals surface area contributed by atoms with Crippen molar-refractivity contribution in [2.45, 2.75) is 19.8 Å². The van der Waals surface area contributed by atoms with Crippen molar-refractivity contribution < 1.29 is 9.26 Å². The summed E-state index contributed by atoms with van der Waals surface area (Å²) in [5.41, 5.74) is 1.91. The van der Waals surface area contributed by atoms with Gasteiger partial charge in [0.05, 0.1) is 7.11 Å². The lowest BCUT2D eigenvalue weighted by Gasteiger charge is -2.11. The lowest BCUT2D eigenvalue weighted by Crippen LogP contribution is -2.38. The molecule has 0 radical (unpaired) electrons. The number of rotatable bonds is 9. The van der Waals surface area contributed by atoms with E-state index in [2.05, 4.69) is 42.9 Å². The molecular weight excluding hydrogens is 495 g/mol. The van der Waals surface area contributed by atoms with Crippen molar-refractivity contribution in [2.24, 2.45) is 4.99 Å². The summed E-state index contributed by atoms with van der Waals surface area (Å²) in [4.78, 5) is 13.2. The first-order valence-electron chi connectivity index (χ1n) is 9.67. The number of hydrogen-bond donors (Lipinski definition) is 2. The van der Waals surface area contributed by atoms with E-state index in [-0.39, 0.29) is 24.0 Å². The quantitative estimate of drug-likeness (QED) is 0.253. The molecule has 30 heavy (non-hydrogen) atoms. The molecule has 2 heterocycles. The number of methoxy groups -OCH3 is 1. The van der Waals surface area contributed by atoms with E-state index < -0.39 is 0 Å². The molecule has 9 heteroatoms. The van der Waals surface area contributed by atoms with Crippen LogP contribution in [-0.2, 0) is 12.8 Å². The van der Waals surface area contributed by atoms with Crippen LogP contribution in [0.25, 0.3) is 11.6 Å². The summed E-state index contributed by atoms with van der Waals surface area (Å²) in [5, 5.41) is 10.6. The highest BCUT2D eigenvalue weighted by Gasteiger charge is 2.09. The molecule has 0 spiro atoms. The third kappa shape index (κ3) is 7.29. The molecule has 0 saturated heterocycles. The lowest BCUT2D eigenvalue weighted by atomic mass is 10.1. The monoisotopic (exact) mass is 522 g/mol. The van der Waals surface area contributed by atoms with Crippen LogP contribution in [0, 0.1) is 0 Å². The van der Waals surface area contributed by atoms with Crippen molar-refractivity contribution in [1.82, 2.24) is 25.8 Å². The number of hydrogen-bond acceptors (Lipinski definition) is 6. The van der Waals surface area contributed by atoms with Gasteiger partial charge in [0.2, 0.25) is 0 Å². The number of benzene rings is 1. The lowest BCUT2D eigenvalue weighted by molar-refractivity contribution is 0.414. The summed E-state index contributed by atoms with van der Waals surface area (Å²) in [6.07, 6.45) is 3.18. The highest BCUT2D eigenvalue weighted by atomic mass is 127. The minimum absolute atomic E-state index is 0. The summed E-state index contributed by atoms with van der Waals surface area (Å²) >= 11 is 0. The van der Waals surface area contributed by atoms with Gasteiger partial charge >= 0.3 is 0 Å². The van der Waals surface area contributed by atoms with Gasteiger partial charge in [0.1, 0.15) is 11.4 Å². The van der Waals surface area contributed by atoms with E-state index in [1.165, 1.54) is 5.56 Å². The van der Waals surface area contributed by atoms with Crippen molar-refractivity contribution in [3.05, 3.63) is 60.0 Å². The number of nitrogens with one attached hydrogen (secondary N) is 2. The van der Waals surface area contributed by atoms with E-state index in [9.17, 15) is 0 Å². The van der Waals surface area contributed by atoms with Gasteiger partial charge in [-0.15, -0.1) is 24.0 Å². The Morgan fingerprint density at radius 2 is 1.93 bits per heavy atom. The Labute approximate surface area is 193 Å². The summed E-state index contributed by atoms with van der Waals surface area (Å²) in [5.74, 6) is 2.68. The maximum absolute atomic E-state index is 5.27. The summed E-state index contributed by atoms with van der Waals surface area (Å²) in [6.45, 7) is 4.17. The van der Waals surface area contributed by atoms with Gasteiger partial charge in [-0.1, -0.05) is 23.4 Å². The molecule has 160 valence electrons. The molecule has 3 rings (SSSR count). The molecular formula is C21H27IN6O2. The third-order valence-electron chi connectivity index (χ3n) is 4.17. The topological polar surface area (TPSA) is 97.5 Å². The molecule has 1 aromatic carbocycles. The predicted molar refractivity (Wildman–Crippen MR) is 127 cm³/mol. The van der Waals surface area contributed by atoms with Gasteiger partial charge in [0, 0.05) is 32.3 Å². The van der Waals surface area contributed by atoms with Crippen molar-refractivity contribution >= 4 is 29.9 Å². The Morgan fingerprint density at radius 1 is 1.10 bits per heavy atom. The van der Waals surface area contributed by atoms with Crippen molar-refractivity contribution in [3.63, 3.8) is 0 Å². The number of aliphatic imine (C=N–C) groups is 1. The fraction of sp³-hybridized carbons (Fsp3) is 0.333. The van der Waals surface area contributed by atoms with Gasteiger partial charge in [-0.05, 0) is 43.2 Å². The molecule has 0 amide bonds. The maximum Gasteiger partial charge on any atom is 0.276 e. The first-order valence-corrected chi connectivity index (χ1v) is 9.67. The van der Waals surface area contributed by atoms with Crippen molar-refractivity contribution in [1.29, 1.82) is 0 Å². The van der Waals surface area contributed by atoms with Gasteiger partial charge in [0.25, 0.3) is 5.89 Å². The van der Waals surface area contributed by atoms with Crippen LogP contribution >= 0.6 is 24.0 Å². The van der Waals surface area contributed by atoms with Gasteiger partial charge in [-0.3, -0.25) is 9.98 Å². The number of ether oxygens (including phenoxy) is 1. The smallest absolute Gasteiger partial charge is 0.276 e. The molecule has 0 atom stereocenters. The maximum atomic E-state index is 5.27. The van der Waals surface area contributed by atoms with E-state index in [0.717, 1.165) is 31.2 Å². The third-order valence-corrected chi connectivity index (χ3v) is 4.17. The predicted octanol–water partition coefficient (Wildman–Crippen LogP) is 3.10. The fourth-order valence-electron chi connectivity index (χ4n) is 2.68. The van der Waals surface area contributed by atoms with Crippen LogP contribution < -0.4 is 15.4 Å². The zero-order chi connectivity index (χ0) is 20.3. The molecule has 2 aromatic heterocycles. The number of halogens is 1. The number of guanidine groups is 1. The molecule has 0 aliphatic heterocycles. The second-order valence-electron chi connectivity index (χ2n) is 6.27. The van der Waals surface area contributed by atoms with Crippen LogP contribution in [0.2, 0.25) is 0 Å². The Morgan fingerprint density at radius 3 is 2.63 bits per heavy atom. The summed E-state index contributed by atoms with van der Waals surface area (Å²) < 4.78 is 10.5. The van der Waals surface area contributed by atoms with Crippen LogP contribution in [0.4, 0.5) is 0 Å². The van der Waals surface area contributed by atoms with Crippen LogP contribution in [-0.4, -0.2) is 47.8 Å². The van der Waals surface area contributed by atoms with Crippen LogP contribution in [0.3, 0.4) is 0 Å². The summed E-state index contributed by atoms with van der Waals surface area (Å²) in [6, 6.07) is 13.7. The molecule has 0 bridgehead atoms. The molecule has 0 saturated carbocycles. The number of aromatic nitrogens is 3. The second kappa shape index (κ2) is 12.8. The zero-order valence-corrected chi connectivity index (χ0v) is 19.5. The fourth-order valence-corrected chi connectivity index (χ4v) is 2.68. The minimum Gasteiger partial charge on any atom is -0.497 e. The molecule has 2 N–H and O–H groups in total. The van der Waals surface area contributed by atoms with E-state index in [4.69, 9.17) is 9.26 Å². The normalized spacial score (nSPS) is 10.9. The standard InChI is InChI=1S/C21H26N6O2.HI/c1-3-22-21(24-14-11-16-7-9-17(28-2)10-8-16)25-15-12-19-26-20(29-27-19)18-6-4-5-13-23-18;/h4-10,13H,3,11-12,14-15H2,1-2H3,(H2,22,24,25);1H. The van der Waals surface area contributed by atoms with Crippen LogP contribution in [0.15, 0.2) is 58.2 Å². The Balaban J connectivity index is 0.00000320. The van der Waals surface area contributed by atoms with E-state index >= 15 is 0 Å².